The van der Waals surface area contributed by atoms with E-state index >= 15 is 0 Å². The predicted molar refractivity (Wildman–Crippen MR) is 40.9 cm³/mol. The summed E-state index contributed by atoms with van der Waals surface area (Å²) in [5, 5.41) is 1.99. The van der Waals surface area contributed by atoms with Gasteiger partial charge in [-0.15, -0.1) is 0 Å². The summed E-state index contributed by atoms with van der Waals surface area (Å²) in [7, 11) is 0. The Labute approximate surface area is 63.3 Å². The number of hydrogen-bond donors (Lipinski definition) is 2. The predicted octanol–water partition coefficient (Wildman–Crippen LogP) is -0.231. The van der Waals surface area contributed by atoms with Gasteiger partial charge in [0.2, 0.25) is 0 Å². The van der Waals surface area contributed by atoms with Crippen molar-refractivity contribution in [1.29, 1.82) is 0 Å². The Morgan fingerprint density at radius 2 is 2.40 bits per heavy atom. The molecule has 0 spiro atoms. The van der Waals surface area contributed by atoms with E-state index in [0.717, 1.165) is 0 Å². The van der Waals surface area contributed by atoms with Crippen molar-refractivity contribution in [3.63, 3.8) is 0 Å². The molecule has 0 aromatic heterocycles. The van der Waals surface area contributed by atoms with Gasteiger partial charge in [0.25, 0.3) is 0 Å². The lowest BCUT2D eigenvalue weighted by Gasteiger charge is -2.16. The van der Waals surface area contributed by atoms with Crippen LogP contribution in [0.1, 0.15) is 13.8 Å². The Kier molecular flexibility index (Phi) is 4.22. The molecule has 10 heavy (non-hydrogen) atoms. The first-order valence-electron chi connectivity index (χ1n) is 3.01. The van der Waals surface area contributed by atoms with Crippen LogP contribution in [-0.4, -0.2) is 21.7 Å². The standard InChI is InChI=1S/C5H12N2O2S/c1-3-10(9)4(2)7-5(6)8/h4H,3H2,1-2H3,(H3,6,7,8). The van der Waals surface area contributed by atoms with Crippen molar-refractivity contribution in [2.24, 2.45) is 5.73 Å². The van der Waals surface area contributed by atoms with E-state index in [1.807, 2.05) is 0 Å². The van der Waals surface area contributed by atoms with Crippen molar-refractivity contribution in [3.8, 4) is 0 Å². The number of primary amides is 1. The van der Waals surface area contributed by atoms with Crippen LogP contribution in [0.2, 0.25) is 0 Å². The normalized spacial score (nSPS) is 15.9. The summed E-state index contributed by atoms with van der Waals surface area (Å²) in [5.74, 6) is 0.529. The fraction of sp³-hybridized carbons (Fsp3) is 0.800. The molecule has 0 heterocycles. The molecule has 0 aliphatic rings. The zero-order valence-corrected chi connectivity index (χ0v) is 6.90. The number of hydrogen-bond acceptors (Lipinski definition) is 2. The molecule has 60 valence electrons. The highest BCUT2D eigenvalue weighted by Crippen LogP contribution is 1.96. The van der Waals surface area contributed by atoms with E-state index in [-0.39, 0.29) is 5.37 Å². The summed E-state index contributed by atoms with van der Waals surface area (Å²) in [6.07, 6.45) is 0. The van der Waals surface area contributed by atoms with Gasteiger partial charge < -0.3 is 10.3 Å². The van der Waals surface area contributed by atoms with Crippen LogP contribution >= 0.6 is 0 Å². The Morgan fingerprint density at radius 1 is 1.90 bits per heavy atom. The van der Waals surface area contributed by atoms with Crippen LogP contribution < -0.4 is 11.1 Å². The number of rotatable bonds is 3. The molecular formula is C5H12N2O2S. The Balaban J connectivity index is 3.61. The van der Waals surface area contributed by atoms with E-state index in [1.165, 1.54) is 0 Å². The van der Waals surface area contributed by atoms with Gasteiger partial charge in [-0.25, -0.2) is 4.79 Å². The Morgan fingerprint density at radius 3 is 2.70 bits per heavy atom. The monoisotopic (exact) mass is 164 g/mol. The third-order valence-corrected chi connectivity index (χ3v) is 2.50. The van der Waals surface area contributed by atoms with Gasteiger partial charge in [0.1, 0.15) is 5.75 Å². The van der Waals surface area contributed by atoms with Crippen molar-refractivity contribution < 1.29 is 9.35 Å². The average Bonchev–Trinajstić information content (AvgIpc) is 1.85. The maximum Gasteiger partial charge on any atom is 0.315 e. The summed E-state index contributed by atoms with van der Waals surface area (Å²) in [6, 6.07) is -0.630. The maximum atomic E-state index is 10.9. The fourth-order valence-corrected chi connectivity index (χ4v) is 1.26. The van der Waals surface area contributed by atoms with Gasteiger partial charge in [-0.05, 0) is 18.1 Å². The van der Waals surface area contributed by atoms with Gasteiger partial charge in [0.15, 0.2) is 5.37 Å². The molecule has 2 amide bonds. The minimum Gasteiger partial charge on any atom is -0.615 e. The minimum absolute atomic E-state index is 0.345. The first kappa shape index (κ1) is 9.58. The molecule has 2 atom stereocenters. The van der Waals surface area contributed by atoms with E-state index in [0.29, 0.717) is 5.75 Å². The van der Waals surface area contributed by atoms with Gasteiger partial charge in [-0.2, -0.15) is 0 Å². The van der Waals surface area contributed by atoms with Crippen molar-refractivity contribution in [1.82, 2.24) is 5.32 Å². The number of urea groups is 1. The third kappa shape index (κ3) is 3.58. The van der Waals surface area contributed by atoms with Gasteiger partial charge >= 0.3 is 6.03 Å². The highest BCUT2D eigenvalue weighted by Gasteiger charge is 2.14. The van der Waals surface area contributed by atoms with Crippen LogP contribution in [0.15, 0.2) is 0 Å². The molecule has 0 bridgehead atoms. The number of amides is 2. The first-order chi connectivity index (χ1) is 4.57. The molecule has 0 fully saturated rings. The topological polar surface area (TPSA) is 78.2 Å². The molecule has 0 aromatic rings. The van der Waals surface area contributed by atoms with Gasteiger partial charge in [0, 0.05) is 6.92 Å². The van der Waals surface area contributed by atoms with Gasteiger partial charge in [0.05, 0.1) is 0 Å². The number of nitrogens with one attached hydrogen (secondary N) is 1. The number of carbonyl (C=O) groups is 1. The third-order valence-electron chi connectivity index (χ3n) is 1.02. The average molecular weight is 164 g/mol. The van der Waals surface area contributed by atoms with Crippen molar-refractivity contribution in [2.45, 2.75) is 19.2 Å². The SMILES string of the molecule is CC[S+]([O-])C(C)NC(N)=O. The minimum atomic E-state index is -1.00. The molecule has 0 aliphatic heterocycles. The zero-order chi connectivity index (χ0) is 8.15. The van der Waals surface area contributed by atoms with E-state index < -0.39 is 17.2 Å². The molecular weight excluding hydrogens is 152 g/mol. The van der Waals surface area contributed by atoms with E-state index in [9.17, 15) is 9.35 Å². The van der Waals surface area contributed by atoms with Crippen molar-refractivity contribution in [3.05, 3.63) is 0 Å². The Hall–Kier alpha value is -0.420. The summed E-state index contributed by atoms with van der Waals surface area (Å²) in [6.45, 7) is 3.44. The molecule has 0 saturated heterocycles. The van der Waals surface area contributed by atoms with Crippen LogP contribution in [0.3, 0.4) is 0 Å². The molecule has 0 rings (SSSR count). The van der Waals surface area contributed by atoms with Crippen LogP contribution in [-0.2, 0) is 11.2 Å². The zero-order valence-electron chi connectivity index (χ0n) is 6.09. The van der Waals surface area contributed by atoms with Crippen molar-refractivity contribution in [2.75, 3.05) is 5.75 Å². The summed E-state index contributed by atoms with van der Waals surface area (Å²) in [5.41, 5.74) is 4.80. The molecule has 3 N–H and O–H groups in total. The lowest BCUT2D eigenvalue weighted by molar-refractivity contribution is 0.248. The highest BCUT2D eigenvalue weighted by atomic mass is 32.2. The van der Waals surface area contributed by atoms with Crippen molar-refractivity contribution >= 4 is 17.2 Å². The van der Waals surface area contributed by atoms with Crippen LogP contribution in [0.5, 0.6) is 0 Å². The van der Waals surface area contributed by atoms with E-state index in [1.54, 1.807) is 13.8 Å². The lowest BCUT2D eigenvalue weighted by atomic mass is 10.7. The van der Waals surface area contributed by atoms with Crippen LogP contribution in [0.25, 0.3) is 0 Å². The molecule has 0 aromatic carbocycles. The number of carbonyl (C=O) groups excluding carboxylic acids is 1. The van der Waals surface area contributed by atoms with Gasteiger partial charge in [-0.1, -0.05) is 0 Å². The van der Waals surface area contributed by atoms with E-state index in [2.05, 4.69) is 5.32 Å². The second kappa shape index (κ2) is 4.40. The second-order valence-corrected chi connectivity index (χ2v) is 3.87. The van der Waals surface area contributed by atoms with Crippen LogP contribution in [0, 0.1) is 0 Å². The number of nitrogens with two attached hydrogens (primary N) is 1. The quantitative estimate of drug-likeness (QED) is 0.565. The maximum absolute atomic E-state index is 10.9. The molecule has 0 radical (unpaired) electrons. The smallest absolute Gasteiger partial charge is 0.315 e. The molecule has 5 heteroatoms. The first-order valence-corrected chi connectivity index (χ1v) is 4.39. The second-order valence-electron chi connectivity index (χ2n) is 1.82. The molecule has 0 aliphatic carbocycles. The summed E-state index contributed by atoms with van der Waals surface area (Å²) >= 11 is -1.00. The highest BCUT2D eigenvalue weighted by molar-refractivity contribution is 7.91. The lowest BCUT2D eigenvalue weighted by Crippen LogP contribution is -2.42. The fourth-order valence-electron chi connectivity index (χ4n) is 0.516. The molecule has 2 unspecified atom stereocenters. The van der Waals surface area contributed by atoms with Crippen LogP contribution in [0.4, 0.5) is 4.79 Å². The molecule has 0 saturated carbocycles. The Bertz CT molecular complexity index is 120. The summed E-state index contributed by atoms with van der Waals surface area (Å²) < 4.78 is 10.9. The van der Waals surface area contributed by atoms with E-state index in [4.69, 9.17) is 5.73 Å². The largest absolute Gasteiger partial charge is 0.615 e. The molecule has 4 nitrogen and oxygen atoms in total. The summed E-state index contributed by atoms with van der Waals surface area (Å²) in [4.78, 5) is 10.2. The van der Waals surface area contributed by atoms with Gasteiger partial charge in [-0.3, -0.25) is 5.32 Å².